The number of nitrogen functional groups attached to an aromatic ring is 1. The Hall–Kier alpha value is -1.64. The summed E-state index contributed by atoms with van der Waals surface area (Å²) in [6.07, 6.45) is 0. The van der Waals surface area contributed by atoms with Crippen LogP contribution in [0.25, 0.3) is 5.76 Å². The van der Waals surface area contributed by atoms with Gasteiger partial charge in [0.15, 0.2) is 0 Å². The number of methoxy groups -OCH3 is 1. The molecule has 1 aromatic carbocycles. The van der Waals surface area contributed by atoms with Crippen LogP contribution < -0.4 is 10.5 Å². The largest absolute Gasteiger partial charge is 0.508 e. The van der Waals surface area contributed by atoms with E-state index in [-0.39, 0.29) is 5.76 Å². The Labute approximate surface area is 71.1 Å². The van der Waals surface area contributed by atoms with Gasteiger partial charge in [0.1, 0.15) is 11.5 Å². The van der Waals surface area contributed by atoms with Crippen LogP contribution in [0.4, 0.5) is 5.69 Å². The van der Waals surface area contributed by atoms with Crippen LogP contribution in [-0.2, 0) is 0 Å². The summed E-state index contributed by atoms with van der Waals surface area (Å²) in [7, 11) is 1.52. The molecule has 0 spiro atoms. The van der Waals surface area contributed by atoms with E-state index in [0.717, 1.165) is 0 Å². The third-order valence-electron chi connectivity index (χ3n) is 1.54. The molecule has 3 heteroatoms. The third kappa shape index (κ3) is 1.50. The van der Waals surface area contributed by atoms with Crippen LogP contribution in [0.15, 0.2) is 24.8 Å². The van der Waals surface area contributed by atoms with E-state index < -0.39 is 0 Å². The Morgan fingerprint density at radius 1 is 1.58 bits per heavy atom. The Morgan fingerprint density at radius 3 is 2.75 bits per heavy atom. The highest BCUT2D eigenvalue weighted by Crippen LogP contribution is 2.25. The van der Waals surface area contributed by atoms with Crippen LogP contribution in [0.1, 0.15) is 5.56 Å². The van der Waals surface area contributed by atoms with Crippen molar-refractivity contribution < 1.29 is 9.84 Å². The zero-order valence-electron chi connectivity index (χ0n) is 6.87. The van der Waals surface area contributed by atoms with Gasteiger partial charge >= 0.3 is 0 Å². The second kappa shape index (κ2) is 3.17. The summed E-state index contributed by atoms with van der Waals surface area (Å²) in [5, 5.41) is 9.11. The summed E-state index contributed by atoms with van der Waals surface area (Å²) in [4.78, 5) is 0. The van der Waals surface area contributed by atoms with Gasteiger partial charge in [-0.05, 0) is 12.1 Å². The minimum atomic E-state index is -0.0214. The third-order valence-corrected chi connectivity index (χ3v) is 1.54. The zero-order valence-corrected chi connectivity index (χ0v) is 6.87. The van der Waals surface area contributed by atoms with Gasteiger partial charge in [-0.25, -0.2) is 0 Å². The topological polar surface area (TPSA) is 55.5 Å². The molecule has 0 atom stereocenters. The van der Waals surface area contributed by atoms with Crippen molar-refractivity contribution in [1.29, 1.82) is 0 Å². The average Bonchev–Trinajstić information content (AvgIpc) is 2.03. The molecule has 0 aliphatic heterocycles. The standard InChI is InChI=1S/C9H11NO2/c1-6(11)8-4-3-7(10)5-9(8)12-2/h3-5,11H,1,10H2,2H3. The molecular weight excluding hydrogens is 154 g/mol. The summed E-state index contributed by atoms with van der Waals surface area (Å²) in [6.45, 7) is 3.40. The second-order valence-electron chi connectivity index (χ2n) is 2.41. The van der Waals surface area contributed by atoms with Gasteiger partial charge in [0, 0.05) is 11.8 Å². The van der Waals surface area contributed by atoms with Crippen molar-refractivity contribution in [3.8, 4) is 5.75 Å². The Balaban J connectivity index is 3.20. The van der Waals surface area contributed by atoms with Crippen LogP contribution >= 0.6 is 0 Å². The van der Waals surface area contributed by atoms with E-state index in [0.29, 0.717) is 17.0 Å². The van der Waals surface area contributed by atoms with Crippen LogP contribution in [0.2, 0.25) is 0 Å². The van der Waals surface area contributed by atoms with Crippen LogP contribution in [0, 0.1) is 0 Å². The Kier molecular flexibility index (Phi) is 2.24. The lowest BCUT2D eigenvalue weighted by Crippen LogP contribution is -1.93. The fraction of sp³-hybridized carbons (Fsp3) is 0.111. The van der Waals surface area contributed by atoms with Crippen molar-refractivity contribution in [2.45, 2.75) is 0 Å². The molecule has 3 N–H and O–H groups in total. The predicted molar refractivity (Wildman–Crippen MR) is 49.1 cm³/mol. The molecule has 0 aromatic heterocycles. The van der Waals surface area contributed by atoms with Gasteiger partial charge in [-0.1, -0.05) is 6.58 Å². The zero-order chi connectivity index (χ0) is 9.14. The van der Waals surface area contributed by atoms with Crippen molar-refractivity contribution >= 4 is 11.4 Å². The van der Waals surface area contributed by atoms with Crippen LogP contribution in [0.5, 0.6) is 5.75 Å². The molecule has 64 valence electrons. The molecule has 3 nitrogen and oxygen atoms in total. The van der Waals surface area contributed by atoms with E-state index >= 15 is 0 Å². The Morgan fingerprint density at radius 2 is 2.25 bits per heavy atom. The van der Waals surface area contributed by atoms with E-state index in [1.54, 1.807) is 18.2 Å². The summed E-state index contributed by atoms with van der Waals surface area (Å²) >= 11 is 0. The predicted octanol–water partition coefficient (Wildman–Crippen LogP) is 1.81. The molecule has 1 rings (SSSR count). The molecule has 0 fully saturated rings. The molecule has 0 aliphatic carbocycles. The van der Waals surface area contributed by atoms with Crippen molar-refractivity contribution in [3.63, 3.8) is 0 Å². The number of benzene rings is 1. The normalized spacial score (nSPS) is 9.42. The van der Waals surface area contributed by atoms with Crippen molar-refractivity contribution in [2.75, 3.05) is 12.8 Å². The van der Waals surface area contributed by atoms with Gasteiger partial charge in [-0.2, -0.15) is 0 Å². The van der Waals surface area contributed by atoms with E-state index in [1.807, 2.05) is 0 Å². The number of rotatable bonds is 2. The number of hydrogen-bond donors (Lipinski definition) is 2. The summed E-state index contributed by atoms with van der Waals surface area (Å²) in [6, 6.07) is 4.98. The molecule has 0 saturated heterocycles. The van der Waals surface area contributed by atoms with E-state index in [1.165, 1.54) is 7.11 Å². The fourth-order valence-electron chi connectivity index (χ4n) is 0.946. The maximum absolute atomic E-state index is 9.11. The van der Waals surface area contributed by atoms with Gasteiger partial charge in [-0.3, -0.25) is 0 Å². The van der Waals surface area contributed by atoms with Crippen LogP contribution in [0.3, 0.4) is 0 Å². The lowest BCUT2D eigenvalue weighted by Gasteiger charge is -2.07. The first kappa shape index (κ1) is 8.46. The minimum absolute atomic E-state index is 0.0214. The first-order valence-electron chi connectivity index (χ1n) is 3.47. The molecule has 0 heterocycles. The molecule has 0 amide bonds. The first-order chi connectivity index (χ1) is 5.65. The highest BCUT2D eigenvalue weighted by Gasteiger charge is 2.04. The molecule has 0 radical (unpaired) electrons. The summed E-state index contributed by atoms with van der Waals surface area (Å²) in [5.41, 5.74) is 6.67. The lowest BCUT2D eigenvalue weighted by molar-refractivity contribution is 0.409. The highest BCUT2D eigenvalue weighted by molar-refractivity contribution is 5.65. The van der Waals surface area contributed by atoms with Gasteiger partial charge in [0.05, 0.1) is 12.7 Å². The number of aliphatic hydroxyl groups is 1. The first-order valence-corrected chi connectivity index (χ1v) is 3.47. The highest BCUT2D eigenvalue weighted by atomic mass is 16.5. The minimum Gasteiger partial charge on any atom is -0.508 e. The van der Waals surface area contributed by atoms with Gasteiger partial charge in [0.2, 0.25) is 0 Å². The average molecular weight is 165 g/mol. The van der Waals surface area contributed by atoms with E-state index in [4.69, 9.17) is 15.6 Å². The van der Waals surface area contributed by atoms with Gasteiger partial charge in [-0.15, -0.1) is 0 Å². The molecule has 12 heavy (non-hydrogen) atoms. The van der Waals surface area contributed by atoms with E-state index in [9.17, 15) is 0 Å². The Bertz CT molecular complexity index is 307. The fourth-order valence-corrected chi connectivity index (χ4v) is 0.946. The maximum Gasteiger partial charge on any atom is 0.131 e. The van der Waals surface area contributed by atoms with Gasteiger partial charge in [0.25, 0.3) is 0 Å². The van der Waals surface area contributed by atoms with Crippen molar-refractivity contribution in [2.24, 2.45) is 0 Å². The lowest BCUT2D eigenvalue weighted by atomic mass is 10.1. The molecule has 0 unspecified atom stereocenters. The van der Waals surface area contributed by atoms with Crippen molar-refractivity contribution in [3.05, 3.63) is 30.3 Å². The SMILES string of the molecule is C=C(O)c1ccc(N)cc1OC. The summed E-state index contributed by atoms with van der Waals surface area (Å²) in [5.74, 6) is 0.509. The summed E-state index contributed by atoms with van der Waals surface area (Å²) < 4.78 is 4.99. The van der Waals surface area contributed by atoms with Gasteiger partial charge < -0.3 is 15.6 Å². The number of nitrogens with two attached hydrogens (primary N) is 1. The second-order valence-corrected chi connectivity index (χ2v) is 2.41. The number of ether oxygens (including phenoxy) is 1. The quantitative estimate of drug-likeness (QED) is 0.519. The molecule has 1 aromatic rings. The molecular formula is C9H11NO2. The molecule has 0 aliphatic rings. The number of aliphatic hydroxyl groups excluding tert-OH is 1. The van der Waals surface area contributed by atoms with Crippen molar-refractivity contribution in [1.82, 2.24) is 0 Å². The van der Waals surface area contributed by atoms with E-state index in [2.05, 4.69) is 6.58 Å². The molecule has 0 bridgehead atoms. The molecule has 0 saturated carbocycles. The number of hydrogen-bond acceptors (Lipinski definition) is 3. The smallest absolute Gasteiger partial charge is 0.131 e. The maximum atomic E-state index is 9.11. The number of anilines is 1. The van der Waals surface area contributed by atoms with Crippen LogP contribution in [-0.4, -0.2) is 12.2 Å². The monoisotopic (exact) mass is 165 g/mol.